The Balaban J connectivity index is 2.16. The van der Waals surface area contributed by atoms with Crippen LogP contribution in [0.15, 0.2) is 24.3 Å². The molecule has 1 aromatic rings. The molecule has 1 amide bonds. The molecule has 0 saturated carbocycles. The highest BCUT2D eigenvalue weighted by Crippen LogP contribution is 2.26. The molecule has 1 aliphatic heterocycles. The molecular weight excluding hydrogens is 250 g/mol. The summed E-state index contributed by atoms with van der Waals surface area (Å²) in [7, 11) is 3.86. The van der Waals surface area contributed by atoms with E-state index in [0.717, 1.165) is 26.1 Å². The van der Waals surface area contributed by atoms with Crippen molar-refractivity contribution in [3.63, 3.8) is 0 Å². The van der Waals surface area contributed by atoms with Crippen LogP contribution in [0.25, 0.3) is 0 Å². The predicted octanol–water partition coefficient (Wildman–Crippen LogP) is 1.85. The Morgan fingerprint density at radius 1 is 1.40 bits per heavy atom. The number of hydrogen-bond donors (Lipinski definition) is 1. The minimum absolute atomic E-state index is 0.116. The lowest BCUT2D eigenvalue weighted by Gasteiger charge is -2.30. The summed E-state index contributed by atoms with van der Waals surface area (Å²) in [4.78, 5) is 16.3. The van der Waals surface area contributed by atoms with Gasteiger partial charge in [0, 0.05) is 51.9 Å². The van der Waals surface area contributed by atoms with Crippen molar-refractivity contribution in [2.24, 2.45) is 0 Å². The van der Waals surface area contributed by atoms with Gasteiger partial charge < -0.3 is 10.2 Å². The normalized spacial score (nSPS) is 19.4. The molecule has 20 heavy (non-hydrogen) atoms. The number of benzene rings is 1. The van der Waals surface area contributed by atoms with Gasteiger partial charge in [-0.15, -0.1) is 0 Å². The number of likely N-dealkylation sites (N-methyl/N-ethyl adjacent to an activating group) is 1. The van der Waals surface area contributed by atoms with E-state index < -0.39 is 0 Å². The lowest BCUT2D eigenvalue weighted by molar-refractivity contribution is -0.121. The van der Waals surface area contributed by atoms with Gasteiger partial charge in [0.15, 0.2) is 0 Å². The molecule has 2 rings (SSSR count). The highest BCUT2D eigenvalue weighted by atomic mass is 16.1. The summed E-state index contributed by atoms with van der Waals surface area (Å²) in [5, 5.41) is 2.70. The number of amides is 1. The minimum Gasteiger partial charge on any atom is -0.373 e. The third kappa shape index (κ3) is 3.31. The highest BCUT2D eigenvalue weighted by molar-refractivity contribution is 5.75. The first-order valence-electron chi connectivity index (χ1n) is 7.39. The Kier molecular flexibility index (Phi) is 5.01. The molecule has 0 spiro atoms. The van der Waals surface area contributed by atoms with Crippen molar-refractivity contribution in [1.29, 1.82) is 0 Å². The van der Waals surface area contributed by atoms with E-state index in [2.05, 4.69) is 53.4 Å². The Morgan fingerprint density at radius 2 is 2.15 bits per heavy atom. The van der Waals surface area contributed by atoms with Crippen LogP contribution >= 0.6 is 0 Å². The Morgan fingerprint density at radius 3 is 2.85 bits per heavy atom. The van der Waals surface area contributed by atoms with E-state index in [-0.39, 0.29) is 5.91 Å². The smallest absolute Gasteiger partial charge is 0.221 e. The molecular formula is C16H25N3O. The molecule has 0 bridgehead atoms. The fourth-order valence-electron chi connectivity index (χ4n) is 2.91. The van der Waals surface area contributed by atoms with Gasteiger partial charge in [0.25, 0.3) is 0 Å². The van der Waals surface area contributed by atoms with Crippen molar-refractivity contribution in [1.82, 2.24) is 10.2 Å². The number of fused-ring (bicyclic) bond motifs is 1. The summed E-state index contributed by atoms with van der Waals surface area (Å²) >= 11 is 0. The lowest BCUT2D eigenvalue weighted by Crippen LogP contribution is -2.41. The number of para-hydroxylation sites is 1. The van der Waals surface area contributed by atoms with E-state index in [1.54, 1.807) is 7.05 Å². The average molecular weight is 275 g/mol. The molecule has 1 unspecified atom stereocenters. The van der Waals surface area contributed by atoms with Crippen molar-refractivity contribution in [2.75, 3.05) is 32.1 Å². The molecule has 0 radical (unpaired) electrons. The van der Waals surface area contributed by atoms with Gasteiger partial charge in [-0.25, -0.2) is 0 Å². The monoisotopic (exact) mass is 275 g/mol. The van der Waals surface area contributed by atoms with Crippen molar-refractivity contribution in [2.45, 2.75) is 32.4 Å². The zero-order valence-corrected chi connectivity index (χ0v) is 12.7. The molecule has 1 aromatic carbocycles. The van der Waals surface area contributed by atoms with Gasteiger partial charge in [-0.05, 0) is 18.1 Å². The molecule has 0 saturated heterocycles. The van der Waals surface area contributed by atoms with E-state index in [0.29, 0.717) is 12.5 Å². The first-order valence-corrected chi connectivity index (χ1v) is 7.39. The van der Waals surface area contributed by atoms with Crippen LogP contribution in [0, 0.1) is 0 Å². The minimum atomic E-state index is 0.116. The van der Waals surface area contributed by atoms with Gasteiger partial charge in [-0.2, -0.15) is 0 Å². The van der Waals surface area contributed by atoms with Crippen LogP contribution in [-0.2, 0) is 11.3 Å². The molecule has 0 aromatic heterocycles. The number of carbonyl (C=O) groups is 1. The molecule has 1 atom stereocenters. The fourth-order valence-corrected chi connectivity index (χ4v) is 2.91. The molecule has 1 heterocycles. The van der Waals surface area contributed by atoms with Crippen molar-refractivity contribution in [3.05, 3.63) is 29.8 Å². The van der Waals surface area contributed by atoms with Gasteiger partial charge in [-0.3, -0.25) is 9.69 Å². The second kappa shape index (κ2) is 6.75. The largest absolute Gasteiger partial charge is 0.373 e. The number of rotatable bonds is 4. The molecule has 4 heteroatoms. The lowest BCUT2D eigenvalue weighted by atomic mass is 10.1. The number of anilines is 1. The van der Waals surface area contributed by atoms with Crippen LogP contribution in [0.1, 0.15) is 25.3 Å². The zero-order valence-electron chi connectivity index (χ0n) is 12.7. The fraction of sp³-hybridized carbons (Fsp3) is 0.562. The standard InChI is InChI=1S/C16H25N3O/c1-4-14-12-18(3)15-8-6-5-7-13(15)11-19(14)10-9-16(20)17-2/h5-8,14H,4,9-12H2,1-3H3,(H,17,20). The Hall–Kier alpha value is -1.55. The maximum atomic E-state index is 11.5. The van der Waals surface area contributed by atoms with Gasteiger partial charge in [0.2, 0.25) is 5.91 Å². The Labute approximate surface area is 121 Å². The summed E-state index contributed by atoms with van der Waals surface area (Å²) in [6, 6.07) is 9.06. The zero-order chi connectivity index (χ0) is 14.5. The van der Waals surface area contributed by atoms with Gasteiger partial charge in [-0.1, -0.05) is 25.1 Å². The quantitative estimate of drug-likeness (QED) is 0.911. The van der Waals surface area contributed by atoms with Crippen LogP contribution in [0.4, 0.5) is 5.69 Å². The SMILES string of the molecule is CCC1CN(C)c2ccccc2CN1CCC(=O)NC. The highest BCUT2D eigenvalue weighted by Gasteiger charge is 2.24. The number of nitrogens with zero attached hydrogens (tertiary/aromatic N) is 2. The summed E-state index contributed by atoms with van der Waals surface area (Å²) in [5.41, 5.74) is 2.66. The van der Waals surface area contributed by atoms with E-state index in [9.17, 15) is 4.79 Å². The number of hydrogen-bond acceptors (Lipinski definition) is 3. The number of carbonyl (C=O) groups excluding carboxylic acids is 1. The van der Waals surface area contributed by atoms with Crippen LogP contribution < -0.4 is 10.2 Å². The average Bonchev–Trinajstić information content (AvgIpc) is 2.61. The van der Waals surface area contributed by atoms with Crippen LogP contribution in [0.5, 0.6) is 0 Å². The molecule has 1 N–H and O–H groups in total. The number of nitrogens with one attached hydrogen (secondary N) is 1. The van der Waals surface area contributed by atoms with Gasteiger partial charge in [0.1, 0.15) is 0 Å². The Bertz CT molecular complexity index is 461. The van der Waals surface area contributed by atoms with Crippen molar-refractivity contribution < 1.29 is 4.79 Å². The first-order chi connectivity index (χ1) is 9.65. The van der Waals surface area contributed by atoms with Crippen LogP contribution in [0.3, 0.4) is 0 Å². The summed E-state index contributed by atoms with van der Waals surface area (Å²) < 4.78 is 0. The van der Waals surface area contributed by atoms with E-state index >= 15 is 0 Å². The molecule has 1 aliphatic rings. The third-order valence-corrected chi connectivity index (χ3v) is 4.15. The summed E-state index contributed by atoms with van der Waals surface area (Å²) in [6.07, 6.45) is 1.67. The van der Waals surface area contributed by atoms with Crippen LogP contribution in [0.2, 0.25) is 0 Å². The maximum absolute atomic E-state index is 11.5. The second-order valence-corrected chi connectivity index (χ2v) is 5.46. The maximum Gasteiger partial charge on any atom is 0.221 e. The van der Waals surface area contributed by atoms with Crippen LogP contribution in [-0.4, -0.2) is 44.0 Å². The van der Waals surface area contributed by atoms with E-state index in [1.807, 2.05) is 0 Å². The second-order valence-electron chi connectivity index (χ2n) is 5.46. The predicted molar refractivity (Wildman–Crippen MR) is 82.9 cm³/mol. The third-order valence-electron chi connectivity index (χ3n) is 4.15. The first kappa shape index (κ1) is 14.9. The van der Waals surface area contributed by atoms with E-state index in [1.165, 1.54) is 11.3 Å². The molecule has 4 nitrogen and oxygen atoms in total. The van der Waals surface area contributed by atoms with E-state index in [4.69, 9.17) is 0 Å². The van der Waals surface area contributed by atoms with Gasteiger partial charge >= 0.3 is 0 Å². The van der Waals surface area contributed by atoms with Crippen molar-refractivity contribution >= 4 is 11.6 Å². The molecule has 110 valence electrons. The van der Waals surface area contributed by atoms with Crippen molar-refractivity contribution in [3.8, 4) is 0 Å². The summed E-state index contributed by atoms with van der Waals surface area (Å²) in [5.74, 6) is 0.116. The van der Waals surface area contributed by atoms with Gasteiger partial charge in [0.05, 0.1) is 0 Å². The molecule has 0 aliphatic carbocycles. The summed E-state index contributed by atoms with van der Waals surface area (Å²) in [6.45, 7) is 4.99. The topological polar surface area (TPSA) is 35.6 Å². The molecule has 0 fully saturated rings.